The van der Waals surface area contributed by atoms with E-state index in [0.29, 0.717) is 0 Å². The van der Waals surface area contributed by atoms with Gasteiger partial charge in [0.2, 0.25) is 5.75 Å². The number of carbonyl (C=O) groups excluding carboxylic acids is 1. The third-order valence-corrected chi connectivity index (χ3v) is 4.67. The predicted octanol–water partition coefficient (Wildman–Crippen LogP) is -0.588. The van der Waals surface area contributed by atoms with E-state index in [1.165, 1.54) is 13.2 Å². The number of hydrogen-bond donors (Lipinski definition) is 3. The summed E-state index contributed by atoms with van der Waals surface area (Å²) in [5.41, 5.74) is 0.238. The molecule has 0 spiro atoms. The number of benzene rings is 1. The van der Waals surface area contributed by atoms with Gasteiger partial charge in [-0.2, -0.15) is 0 Å². The number of aliphatic hydroxyl groups is 3. The van der Waals surface area contributed by atoms with E-state index < -0.39 is 43.1 Å². The maximum atomic E-state index is 12.6. The highest BCUT2D eigenvalue weighted by Crippen LogP contribution is 2.50. The van der Waals surface area contributed by atoms with Crippen LogP contribution in [0.25, 0.3) is 0 Å². The highest BCUT2D eigenvalue weighted by atomic mass is 16.6. The van der Waals surface area contributed by atoms with Crippen LogP contribution >= 0.6 is 0 Å². The van der Waals surface area contributed by atoms with Crippen molar-refractivity contribution in [3.05, 3.63) is 17.2 Å². The van der Waals surface area contributed by atoms with Crippen LogP contribution in [0, 0.1) is 24.7 Å². The van der Waals surface area contributed by atoms with E-state index in [0.717, 1.165) is 0 Å². The molecule has 2 aliphatic heterocycles. The Kier molecular flexibility index (Phi) is 6.16. The van der Waals surface area contributed by atoms with Crippen molar-refractivity contribution >= 4 is 5.97 Å². The van der Waals surface area contributed by atoms with E-state index in [4.69, 9.17) is 36.5 Å². The summed E-state index contributed by atoms with van der Waals surface area (Å²) in [6.07, 6.45) is 4.19. The zero-order chi connectivity index (χ0) is 21.1. The Bertz CT molecular complexity index is 866. The highest BCUT2D eigenvalue weighted by Gasteiger charge is 2.52. The molecule has 9 heteroatoms. The molecule has 0 aromatic heterocycles. The lowest BCUT2D eigenvalue weighted by molar-refractivity contribution is -0.235. The third-order valence-electron chi connectivity index (χ3n) is 4.67. The van der Waals surface area contributed by atoms with E-state index in [1.807, 2.05) is 0 Å². The number of terminal acetylenes is 2. The summed E-state index contributed by atoms with van der Waals surface area (Å²) < 4.78 is 27.5. The molecule has 5 atom stereocenters. The van der Waals surface area contributed by atoms with Crippen molar-refractivity contribution in [3.63, 3.8) is 0 Å². The van der Waals surface area contributed by atoms with Gasteiger partial charge in [0.1, 0.15) is 37.6 Å². The van der Waals surface area contributed by atoms with E-state index in [9.17, 15) is 20.1 Å². The molecule has 3 N–H and O–H groups in total. The van der Waals surface area contributed by atoms with Crippen molar-refractivity contribution < 1.29 is 43.8 Å². The number of carbonyl (C=O) groups is 1. The quantitative estimate of drug-likeness (QED) is 0.422. The zero-order valence-corrected chi connectivity index (χ0v) is 15.5. The third kappa shape index (κ3) is 3.57. The first-order chi connectivity index (χ1) is 14.0. The van der Waals surface area contributed by atoms with Crippen molar-refractivity contribution in [1.29, 1.82) is 0 Å². The maximum Gasteiger partial charge on any atom is 0.339 e. The molecule has 2 aliphatic rings. The molecule has 1 saturated heterocycles. The van der Waals surface area contributed by atoms with E-state index in [1.54, 1.807) is 0 Å². The second-order valence-corrected chi connectivity index (χ2v) is 6.31. The lowest BCUT2D eigenvalue weighted by Gasteiger charge is -2.44. The van der Waals surface area contributed by atoms with Gasteiger partial charge in [-0.1, -0.05) is 11.8 Å². The first kappa shape index (κ1) is 20.8. The molecule has 0 radical (unpaired) electrons. The molecule has 29 heavy (non-hydrogen) atoms. The van der Waals surface area contributed by atoms with E-state index >= 15 is 0 Å². The van der Waals surface area contributed by atoms with Gasteiger partial charge in [0.05, 0.1) is 19.3 Å². The molecule has 0 amide bonds. The number of esters is 1. The van der Waals surface area contributed by atoms with Crippen LogP contribution in [0.4, 0.5) is 0 Å². The standard InChI is InChI=1S/C20H20O9/c1-4-6-26-11-8-10-13(17(16(11)25-3)27-7-5-2)18-19(29-20(10)24)15(23)14(22)12(9-21)28-18/h1-2,8,12,14-15,18-19,21-23H,6-7,9H2,3H3/t12-,14-,15+,18+,19-/m1/s1. The van der Waals surface area contributed by atoms with Crippen LogP contribution in [0.2, 0.25) is 0 Å². The Labute approximate surface area is 167 Å². The lowest BCUT2D eigenvalue weighted by atomic mass is 9.86. The minimum Gasteiger partial charge on any atom is -0.490 e. The molecule has 1 aromatic carbocycles. The second kappa shape index (κ2) is 8.60. The van der Waals surface area contributed by atoms with Crippen molar-refractivity contribution in [3.8, 4) is 41.9 Å². The molecule has 9 nitrogen and oxygen atoms in total. The van der Waals surface area contributed by atoms with Crippen molar-refractivity contribution in [2.75, 3.05) is 26.9 Å². The Balaban J connectivity index is 2.20. The van der Waals surface area contributed by atoms with Gasteiger partial charge in [0.15, 0.2) is 17.6 Å². The van der Waals surface area contributed by atoms with Gasteiger partial charge < -0.3 is 39.0 Å². The zero-order valence-electron chi connectivity index (χ0n) is 15.5. The first-order valence-electron chi connectivity index (χ1n) is 8.69. The highest BCUT2D eigenvalue weighted by molar-refractivity contribution is 5.95. The number of fused-ring (bicyclic) bond motifs is 3. The summed E-state index contributed by atoms with van der Waals surface area (Å²) in [5.74, 6) is 4.14. The molecule has 154 valence electrons. The van der Waals surface area contributed by atoms with Crippen LogP contribution in [0.5, 0.6) is 17.2 Å². The summed E-state index contributed by atoms with van der Waals surface area (Å²) in [4.78, 5) is 12.6. The van der Waals surface area contributed by atoms with Crippen LogP contribution in [-0.2, 0) is 9.47 Å². The van der Waals surface area contributed by atoms with Crippen LogP contribution < -0.4 is 14.2 Å². The monoisotopic (exact) mass is 404 g/mol. The van der Waals surface area contributed by atoms with Crippen molar-refractivity contribution in [1.82, 2.24) is 0 Å². The Morgan fingerprint density at radius 3 is 2.45 bits per heavy atom. The molecule has 0 bridgehead atoms. The average molecular weight is 404 g/mol. The fraction of sp³-hybridized carbons (Fsp3) is 0.450. The Morgan fingerprint density at radius 1 is 1.14 bits per heavy atom. The molecule has 3 rings (SSSR count). The van der Waals surface area contributed by atoms with Crippen LogP contribution in [0.1, 0.15) is 22.0 Å². The summed E-state index contributed by atoms with van der Waals surface area (Å²) in [5, 5.41) is 30.0. The number of hydrogen-bond acceptors (Lipinski definition) is 9. The molecule has 0 unspecified atom stereocenters. The number of methoxy groups -OCH3 is 1. The van der Waals surface area contributed by atoms with Crippen molar-refractivity contribution in [2.24, 2.45) is 0 Å². The van der Waals surface area contributed by atoms with Crippen LogP contribution in [0.3, 0.4) is 0 Å². The van der Waals surface area contributed by atoms with Gasteiger partial charge in [0.25, 0.3) is 0 Å². The van der Waals surface area contributed by atoms with E-state index in [-0.39, 0.29) is 41.6 Å². The van der Waals surface area contributed by atoms with E-state index in [2.05, 4.69) is 11.8 Å². The minimum atomic E-state index is -1.49. The molecule has 0 aliphatic carbocycles. The fourth-order valence-electron chi connectivity index (χ4n) is 3.40. The predicted molar refractivity (Wildman–Crippen MR) is 97.6 cm³/mol. The van der Waals surface area contributed by atoms with Crippen molar-refractivity contribution in [2.45, 2.75) is 30.5 Å². The summed E-state index contributed by atoms with van der Waals surface area (Å²) in [6.45, 7) is -0.826. The molecule has 1 fully saturated rings. The Hall–Kier alpha value is -2.95. The summed E-state index contributed by atoms with van der Waals surface area (Å²) >= 11 is 0. The van der Waals surface area contributed by atoms with Gasteiger partial charge in [-0.25, -0.2) is 4.79 Å². The smallest absolute Gasteiger partial charge is 0.339 e. The van der Waals surface area contributed by atoms with Gasteiger partial charge in [-0.3, -0.25) is 0 Å². The molecular weight excluding hydrogens is 384 g/mol. The average Bonchev–Trinajstić information content (AvgIpc) is 2.73. The number of rotatable bonds is 6. The van der Waals surface area contributed by atoms with Gasteiger partial charge in [0, 0.05) is 5.56 Å². The maximum absolute atomic E-state index is 12.6. The Morgan fingerprint density at radius 2 is 1.83 bits per heavy atom. The molecule has 1 aromatic rings. The fourth-order valence-corrected chi connectivity index (χ4v) is 3.40. The normalized spacial score (nSPS) is 27.5. The topological polar surface area (TPSA) is 124 Å². The summed E-state index contributed by atoms with van der Waals surface area (Å²) in [6, 6.07) is 1.36. The first-order valence-corrected chi connectivity index (χ1v) is 8.69. The van der Waals surface area contributed by atoms with Gasteiger partial charge in [-0.15, -0.1) is 12.8 Å². The SMILES string of the molecule is C#CCOc1cc2c(c(OCC#C)c1OC)[C@@H]1O[C@H](CO)[C@@H](O)[C@H](O)[C@H]1OC2=O. The second-order valence-electron chi connectivity index (χ2n) is 6.31. The van der Waals surface area contributed by atoms with Crippen LogP contribution in [0.15, 0.2) is 6.07 Å². The number of aliphatic hydroxyl groups excluding tert-OH is 3. The lowest BCUT2D eigenvalue weighted by Crippen LogP contribution is -2.58. The minimum absolute atomic E-state index is 0.0337. The largest absolute Gasteiger partial charge is 0.490 e. The van der Waals surface area contributed by atoms with Crippen LogP contribution in [-0.4, -0.2) is 72.6 Å². The number of ether oxygens (including phenoxy) is 5. The summed E-state index contributed by atoms with van der Waals surface area (Å²) in [7, 11) is 1.36. The molecule has 0 saturated carbocycles. The van der Waals surface area contributed by atoms with Gasteiger partial charge in [-0.05, 0) is 6.07 Å². The molecule has 2 heterocycles. The molecular formula is C20H20O9. The van der Waals surface area contributed by atoms with Gasteiger partial charge >= 0.3 is 5.97 Å².